The molecule has 3 nitrogen and oxygen atoms in total. The average molecular weight is 256 g/mol. The minimum absolute atomic E-state index is 0.0176. The zero-order valence-electron chi connectivity index (χ0n) is 10.4. The lowest BCUT2D eigenvalue weighted by molar-refractivity contribution is -0.120. The first kappa shape index (κ1) is 14.6. The molecule has 5 heteroatoms. The van der Waals surface area contributed by atoms with Crippen molar-refractivity contribution in [3.05, 3.63) is 35.4 Å². The van der Waals surface area contributed by atoms with Gasteiger partial charge in [0.15, 0.2) is 0 Å². The predicted molar refractivity (Wildman–Crippen MR) is 66.2 cm³/mol. The maximum absolute atomic E-state index is 12.9. The molecular formula is C13H18F2N2O. The molecule has 0 aliphatic heterocycles. The van der Waals surface area contributed by atoms with Crippen molar-refractivity contribution in [2.75, 3.05) is 20.1 Å². The second-order valence-corrected chi connectivity index (χ2v) is 4.05. The highest BCUT2D eigenvalue weighted by molar-refractivity contribution is 5.75. The minimum Gasteiger partial charge on any atom is -0.359 e. The third kappa shape index (κ3) is 5.72. The van der Waals surface area contributed by atoms with E-state index in [1.165, 1.54) is 12.1 Å². The maximum atomic E-state index is 12.9. The fourth-order valence-electron chi connectivity index (χ4n) is 1.61. The summed E-state index contributed by atoms with van der Waals surface area (Å²) in [5.41, 5.74) is 0.631. The van der Waals surface area contributed by atoms with Gasteiger partial charge in [0.25, 0.3) is 0 Å². The van der Waals surface area contributed by atoms with E-state index in [1.807, 2.05) is 0 Å². The molecule has 0 heterocycles. The van der Waals surface area contributed by atoms with Gasteiger partial charge in [0, 0.05) is 19.5 Å². The molecular weight excluding hydrogens is 238 g/mol. The van der Waals surface area contributed by atoms with Crippen molar-refractivity contribution >= 4 is 5.91 Å². The fraction of sp³-hybridized carbons (Fsp3) is 0.462. The van der Waals surface area contributed by atoms with E-state index in [4.69, 9.17) is 0 Å². The first-order chi connectivity index (χ1) is 8.61. The quantitative estimate of drug-likeness (QED) is 0.728. The molecule has 0 aromatic heterocycles. The van der Waals surface area contributed by atoms with Crippen LogP contribution in [0.5, 0.6) is 0 Å². The largest absolute Gasteiger partial charge is 0.359 e. The number of carbonyl (C=O) groups is 1. The molecule has 1 aromatic rings. The van der Waals surface area contributed by atoms with E-state index >= 15 is 0 Å². The third-order valence-electron chi connectivity index (χ3n) is 2.55. The van der Waals surface area contributed by atoms with Crippen molar-refractivity contribution < 1.29 is 13.6 Å². The first-order valence-electron chi connectivity index (χ1n) is 5.98. The van der Waals surface area contributed by atoms with Crippen molar-refractivity contribution in [2.45, 2.75) is 19.3 Å². The molecule has 18 heavy (non-hydrogen) atoms. The summed E-state index contributed by atoms with van der Waals surface area (Å²) in [6.07, 6.45) is 1.80. The highest BCUT2D eigenvalue weighted by Crippen LogP contribution is 2.07. The standard InChI is InChI=1S/C13H18F2N2O/c1-16-13(18)3-2-5-17-6-4-10-7-11(14)9-12(15)8-10/h7-9,17H,2-6H2,1H3,(H,16,18). The summed E-state index contributed by atoms with van der Waals surface area (Å²) in [4.78, 5) is 10.9. The van der Waals surface area contributed by atoms with Crippen molar-refractivity contribution in [1.82, 2.24) is 10.6 Å². The molecule has 2 N–H and O–H groups in total. The third-order valence-corrected chi connectivity index (χ3v) is 2.55. The van der Waals surface area contributed by atoms with Crippen LogP contribution in [-0.2, 0) is 11.2 Å². The summed E-state index contributed by atoms with van der Waals surface area (Å²) in [5, 5.41) is 5.67. The number of rotatable bonds is 7. The van der Waals surface area contributed by atoms with E-state index in [-0.39, 0.29) is 5.91 Å². The van der Waals surface area contributed by atoms with E-state index in [9.17, 15) is 13.6 Å². The zero-order chi connectivity index (χ0) is 13.4. The van der Waals surface area contributed by atoms with Gasteiger partial charge < -0.3 is 10.6 Å². The molecule has 0 aliphatic carbocycles. The van der Waals surface area contributed by atoms with E-state index in [0.29, 0.717) is 31.5 Å². The van der Waals surface area contributed by atoms with Gasteiger partial charge in [-0.25, -0.2) is 8.78 Å². The second-order valence-electron chi connectivity index (χ2n) is 4.05. The Morgan fingerprint density at radius 2 is 1.83 bits per heavy atom. The van der Waals surface area contributed by atoms with Crippen LogP contribution in [-0.4, -0.2) is 26.0 Å². The first-order valence-corrected chi connectivity index (χ1v) is 5.98. The molecule has 0 atom stereocenters. The van der Waals surface area contributed by atoms with Gasteiger partial charge in [-0.15, -0.1) is 0 Å². The van der Waals surface area contributed by atoms with Gasteiger partial charge >= 0.3 is 0 Å². The van der Waals surface area contributed by atoms with Crippen molar-refractivity contribution in [3.8, 4) is 0 Å². The Hall–Kier alpha value is -1.49. The summed E-state index contributed by atoms with van der Waals surface area (Å²) < 4.78 is 25.8. The van der Waals surface area contributed by atoms with Crippen LogP contribution < -0.4 is 10.6 Å². The molecule has 0 unspecified atom stereocenters. The van der Waals surface area contributed by atoms with Crippen LogP contribution in [0.4, 0.5) is 8.78 Å². The Morgan fingerprint density at radius 3 is 2.44 bits per heavy atom. The number of nitrogens with one attached hydrogen (secondary N) is 2. The van der Waals surface area contributed by atoms with Crippen LogP contribution in [0.1, 0.15) is 18.4 Å². The molecule has 0 saturated heterocycles. The van der Waals surface area contributed by atoms with Crippen LogP contribution in [0.15, 0.2) is 18.2 Å². The van der Waals surface area contributed by atoms with Gasteiger partial charge in [-0.3, -0.25) is 4.79 Å². The van der Waals surface area contributed by atoms with Gasteiger partial charge in [-0.05, 0) is 43.6 Å². The van der Waals surface area contributed by atoms with Crippen molar-refractivity contribution in [2.24, 2.45) is 0 Å². The lowest BCUT2D eigenvalue weighted by Crippen LogP contribution is -2.22. The molecule has 1 amide bonds. The lowest BCUT2D eigenvalue weighted by atomic mass is 10.1. The smallest absolute Gasteiger partial charge is 0.219 e. The van der Waals surface area contributed by atoms with Gasteiger partial charge in [0.1, 0.15) is 11.6 Å². The predicted octanol–water partition coefficient (Wildman–Crippen LogP) is 1.62. The average Bonchev–Trinajstić information content (AvgIpc) is 2.32. The maximum Gasteiger partial charge on any atom is 0.219 e. The number of amides is 1. The Bertz CT molecular complexity index is 376. The van der Waals surface area contributed by atoms with Crippen LogP contribution in [0, 0.1) is 11.6 Å². The van der Waals surface area contributed by atoms with E-state index < -0.39 is 11.6 Å². The van der Waals surface area contributed by atoms with Crippen molar-refractivity contribution in [3.63, 3.8) is 0 Å². The fourth-order valence-corrected chi connectivity index (χ4v) is 1.61. The molecule has 0 radical (unpaired) electrons. The Labute approximate surface area is 106 Å². The zero-order valence-corrected chi connectivity index (χ0v) is 10.4. The van der Waals surface area contributed by atoms with E-state index in [1.54, 1.807) is 7.05 Å². The second kappa shape index (κ2) is 7.76. The number of carbonyl (C=O) groups excluding carboxylic acids is 1. The van der Waals surface area contributed by atoms with E-state index in [2.05, 4.69) is 10.6 Å². The van der Waals surface area contributed by atoms with Crippen LogP contribution >= 0.6 is 0 Å². The van der Waals surface area contributed by atoms with E-state index in [0.717, 1.165) is 12.5 Å². The van der Waals surface area contributed by atoms with Crippen molar-refractivity contribution in [1.29, 1.82) is 0 Å². The Balaban J connectivity index is 2.16. The summed E-state index contributed by atoms with van der Waals surface area (Å²) in [7, 11) is 1.61. The molecule has 0 spiro atoms. The Morgan fingerprint density at radius 1 is 1.17 bits per heavy atom. The molecule has 0 bridgehead atoms. The minimum atomic E-state index is -0.551. The summed E-state index contributed by atoms with van der Waals surface area (Å²) in [5.74, 6) is -1.08. The SMILES string of the molecule is CNC(=O)CCCNCCc1cc(F)cc(F)c1. The highest BCUT2D eigenvalue weighted by Gasteiger charge is 2.01. The van der Waals surface area contributed by atoms with Gasteiger partial charge in [0.05, 0.1) is 0 Å². The van der Waals surface area contributed by atoms with Crippen LogP contribution in [0.3, 0.4) is 0 Å². The lowest BCUT2D eigenvalue weighted by Gasteiger charge is -2.05. The molecule has 100 valence electrons. The summed E-state index contributed by atoms with van der Waals surface area (Å²) >= 11 is 0. The molecule has 1 aromatic carbocycles. The molecule has 0 saturated carbocycles. The monoisotopic (exact) mass is 256 g/mol. The van der Waals surface area contributed by atoms with Crippen LogP contribution in [0.25, 0.3) is 0 Å². The van der Waals surface area contributed by atoms with Gasteiger partial charge in [-0.2, -0.15) is 0 Å². The number of halogens is 2. The van der Waals surface area contributed by atoms with Gasteiger partial charge in [-0.1, -0.05) is 0 Å². The Kier molecular flexibility index (Phi) is 6.28. The number of hydrogen-bond acceptors (Lipinski definition) is 2. The number of hydrogen-bond donors (Lipinski definition) is 2. The molecule has 1 rings (SSSR count). The topological polar surface area (TPSA) is 41.1 Å². The molecule has 0 aliphatic rings. The summed E-state index contributed by atoms with van der Waals surface area (Å²) in [6, 6.07) is 3.52. The van der Waals surface area contributed by atoms with Crippen LogP contribution in [0.2, 0.25) is 0 Å². The highest BCUT2D eigenvalue weighted by atomic mass is 19.1. The number of benzene rings is 1. The molecule has 0 fully saturated rings. The van der Waals surface area contributed by atoms with Gasteiger partial charge in [0.2, 0.25) is 5.91 Å². The summed E-state index contributed by atoms with van der Waals surface area (Å²) in [6.45, 7) is 1.35. The normalized spacial score (nSPS) is 10.4.